The Balaban J connectivity index is 1.40. The largest absolute Gasteiger partial charge is 0.370 e. The lowest BCUT2D eigenvalue weighted by molar-refractivity contribution is 0.0994. The molecule has 2 aromatic heterocycles. The molecule has 1 N–H and O–H groups in total. The van der Waals surface area contributed by atoms with Gasteiger partial charge in [-0.05, 0) is 43.0 Å². The molecule has 3 aromatic rings. The first-order chi connectivity index (χ1) is 15.5. The number of amides is 1. The minimum Gasteiger partial charge on any atom is -0.370 e. The predicted molar refractivity (Wildman–Crippen MR) is 127 cm³/mol. The SMILES string of the molecule is CC1CCN(c2ccc(Nc3ncc4c(n3)N(C)c3ccccc3C(=O)N4C)nc2)CC1. The van der Waals surface area contributed by atoms with Gasteiger partial charge in [-0.15, -0.1) is 0 Å². The average Bonchev–Trinajstić information content (AvgIpc) is 2.90. The van der Waals surface area contributed by atoms with Crippen molar-refractivity contribution in [3.63, 3.8) is 0 Å². The van der Waals surface area contributed by atoms with Gasteiger partial charge in [0.2, 0.25) is 5.95 Å². The summed E-state index contributed by atoms with van der Waals surface area (Å²) in [5.41, 5.74) is 3.24. The van der Waals surface area contributed by atoms with Crippen molar-refractivity contribution in [1.29, 1.82) is 0 Å². The maximum atomic E-state index is 12.9. The number of benzene rings is 1. The molecule has 32 heavy (non-hydrogen) atoms. The number of para-hydroxylation sites is 1. The van der Waals surface area contributed by atoms with E-state index in [0.717, 1.165) is 30.4 Å². The zero-order valence-electron chi connectivity index (χ0n) is 18.6. The highest BCUT2D eigenvalue weighted by Gasteiger charge is 2.28. The summed E-state index contributed by atoms with van der Waals surface area (Å²) >= 11 is 0. The van der Waals surface area contributed by atoms with Crippen LogP contribution in [0, 0.1) is 5.92 Å². The smallest absolute Gasteiger partial charge is 0.260 e. The van der Waals surface area contributed by atoms with Gasteiger partial charge < -0.3 is 20.0 Å². The van der Waals surface area contributed by atoms with Crippen molar-refractivity contribution >= 4 is 40.6 Å². The molecule has 0 radical (unpaired) electrons. The van der Waals surface area contributed by atoms with Gasteiger partial charge in [0.15, 0.2) is 5.82 Å². The van der Waals surface area contributed by atoms with E-state index in [9.17, 15) is 4.79 Å². The Bertz CT molecular complexity index is 1140. The number of piperidine rings is 1. The summed E-state index contributed by atoms with van der Waals surface area (Å²) in [4.78, 5) is 32.5. The number of hydrogen-bond donors (Lipinski definition) is 1. The predicted octanol–water partition coefficient (Wildman–Crippen LogP) is 4.21. The van der Waals surface area contributed by atoms with E-state index >= 15 is 0 Å². The highest BCUT2D eigenvalue weighted by molar-refractivity contribution is 6.13. The normalized spacial score (nSPS) is 16.5. The first kappa shape index (κ1) is 20.2. The molecule has 8 nitrogen and oxygen atoms in total. The standard InChI is InChI=1S/C24H27N7O/c1-16-10-12-31(13-11-16)17-8-9-21(25-14-17)27-24-26-15-20-22(28-24)29(2)19-7-5-4-6-18(19)23(32)30(20)3/h4-9,14-16H,10-13H2,1-3H3,(H,25,26,27,28). The van der Waals surface area contributed by atoms with Crippen molar-refractivity contribution < 1.29 is 4.79 Å². The Morgan fingerprint density at radius 3 is 2.47 bits per heavy atom. The van der Waals surface area contributed by atoms with Gasteiger partial charge in [0.05, 0.1) is 29.3 Å². The van der Waals surface area contributed by atoms with Crippen molar-refractivity contribution in [2.45, 2.75) is 19.8 Å². The van der Waals surface area contributed by atoms with Gasteiger partial charge in [-0.1, -0.05) is 19.1 Å². The third kappa shape index (κ3) is 3.62. The van der Waals surface area contributed by atoms with E-state index in [1.54, 1.807) is 18.1 Å². The number of nitrogens with zero attached hydrogens (tertiary/aromatic N) is 6. The van der Waals surface area contributed by atoms with Crippen LogP contribution in [-0.2, 0) is 0 Å². The second kappa shape index (κ2) is 8.11. The minimum absolute atomic E-state index is 0.0835. The van der Waals surface area contributed by atoms with Crippen LogP contribution in [0.15, 0.2) is 48.8 Å². The Hall–Kier alpha value is -3.68. The quantitative estimate of drug-likeness (QED) is 0.668. The molecule has 1 saturated heterocycles. The molecule has 4 heterocycles. The first-order valence-electron chi connectivity index (χ1n) is 11.0. The van der Waals surface area contributed by atoms with Crippen LogP contribution in [0.2, 0.25) is 0 Å². The van der Waals surface area contributed by atoms with Crippen LogP contribution >= 0.6 is 0 Å². The van der Waals surface area contributed by atoms with Gasteiger partial charge >= 0.3 is 0 Å². The summed E-state index contributed by atoms with van der Waals surface area (Å²) in [6, 6.07) is 11.6. The fourth-order valence-electron chi connectivity index (χ4n) is 4.29. The van der Waals surface area contributed by atoms with Crippen molar-refractivity contribution in [2.24, 2.45) is 5.92 Å². The Labute approximate surface area is 187 Å². The maximum absolute atomic E-state index is 12.9. The summed E-state index contributed by atoms with van der Waals surface area (Å²) in [6.07, 6.45) is 6.01. The highest BCUT2D eigenvalue weighted by atomic mass is 16.2. The monoisotopic (exact) mass is 429 g/mol. The van der Waals surface area contributed by atoms with Crippen molar-refractivity contribution in [2.75, 3.05) is 47.2 Å². The number of hydrogen-bond acceptors (Lipinski definition) is 7. The van der Waals surface area contributed by atoms with Crippen LogP contribution in [0.1, 0.15) is 30.1 Å². The molecular formula is C24H27N7O. The van der Waals surface area contributed by atoms with E-state index in [4.69, 9.17) is 4.98 Å². The molecular weight excluding hydrogens is 402 g/mol. The third-order valence-electron chi connectivity index (χ3n) is 6.37. The molecule has 0 bridgehead atoms. The van der Waals surface area contributed by atoms with Gasteiger partial charge in [0, 0.05) is 27.2 Å². The number of carbonyl (C=O) groups is 1. The molecule has 0 spiro atoms. The molecule has 1 fully saturated rings. The minimum atomic E-state index is -0.0835. The molecule has 1 amide bonds. The van der Waals surface area contributed by atoms with Gasteiger partial charge in [0.25, 0.3) is 5.91 Å². The fraction of sp³-hybridized carbons (Fsp3) is 0.333. The summed E-state index contributed by atoms with van der Waals surface area (Å²) in [5, 5.41) is 3.20. The molecule has 1 aromatic carbocycles. The van der Waals surface area contributed by atoms with E-state index in [2.05, 4.69) is 33.2 Å². The lowest BCUT2D eigenvalue weighted by atomic mass is 9.99. The zero-order chi connectivity index (χ0) is 22.2. The summed E-state index contributed by atoms with van der Waals surface area (Å²) < 4.78 is 0. The summed E-state index contributed by atoms with van der Waals surface area (Å²) in [5.74, 6) is 2.48. The average molecular weight is 430 g/mol. The molecule has 2 aliphatic rings. The summed E-state index contributed by atoms with van der Waals surface area (Å²) in [6.45, 7) is 4.46. The second-order valence-electron chi connectivity index (χ2n) is 8.54. The van der Waals surface area contributed by atoms with Gasteiger partial charge in [-0.2, -0.15) is 4.98 Å². The Kier molecular flexibility index (Phi) is 5.13. The molecule has 164 valence electrons. The number of rotatable bonds is 3. The second-order valence-corrected chi connectivity index (χ2v) is 8.54. The molecule has 0 aliphatic carbocycles. The van der Waals surface area contributed by atoms with Gasteiger partial charge in [-0.3, -0.25) is 4.79 Å². The molecule has 0 atom stereocenters. The molecule has 0 saturated carbocycles. The highest BCUT2D eigenvalue weighted by Crippen LogP contribution is 2.37. The van der Waals surface area contributed by atoms with Gasteiger partial charge in [-0.25, -0.2) is 9.97 Å². The number of pyridine rings is 1. The zero-order valence-corrected chi connectivity index (χ0v) is 18.6. The third-order valence-corrected chi connectivity index (χ3v) is 6.37. The van der Waals surface area contributed by atoms with E-state index < -0.39 is 0 Å². The van der Waals surface area contributed by atoms with E-state index in [-0.39, 0.29) is 5.91 Å². The van der Waals surface area contributed by atoms with E-state index in [1.807, 2.05) is 48.5 Å². The molecule has 5 rings (SSSR count). The Morgan fingerprint density at radius 2 is 1.72 bits per heavy atom. The van der Waals surface area contributed by atoms with E-state index in [1.165, 1.54) is 12.8 Å². The van der Waals surface area contributed by atoms with Crippen molar-refractivity contribution in [3.8, 4) is 0 Å². The summed E-state index contributed by atoms with van der Waals surface area (Å²) in [7, 11) is 3.66. The first-order valence-corrected chi connectivity index (χ1v) is 11.0. The van der Waals surface area contributed by atoms with Crippen LogP contribution in [0.4, 0.5) is 34.6 Å². The van der Waals surface area contributed by atoms with Crippen LogP contribution < -0.4 is 20.0 Å². The van der Waals surface area contributed by atoms with Crippen LogP contribution in [0.25, 0.3) is 0 Å². The Morgan fingerprint density at radius 1 is 0.938 bits per heavy atom. The number of nitrogens with one attached hydrogen (secondary N) is 1. The topological polar surface area (TPSA) is 77.5 Å². The van der Waals surface area contributed by atoms with Gasteiger partial charge in [0.1, 0.15) is 11.5 Å². The molecule has 0 unspecified atom stereocenters. The van der Waals surface area contributed by atoms with Crippen LogP contribution in [0.3, 0.4) is 0 Å². The van der Waals surface area contributed by atoms with Crippen LogP contribution in [0.5, 0.6) is 0 Å². The molecule has 2 aliphatic heterocycles. The number of aromatic nitrogens is 3. The number of anilines is 6. The lowest BCUT2D eigenvalue weighted by Crippen LogP contribution is -2.32. The van der Waals surface area contributed by atoms with E-state index in [0.29, 0.717) is 28.8 Å². The number of carbonyl (C=O) groups excluding carboxylic acids is 1. The van der Waals surface area contributed by atoms with Crippen LogP contribution in [-0.4, -0.2) is 48.0 Å². The maximum Gasteiger partial charge on any atom is 0.260 e. The number of fused-ring (bicyclic) bond motifs is 2. The lowest BCUT2D eigenvalue weighted by Gasteiger charge is -2.31. The fourth-order valence-corrected chi connectivity index (χ4v) is 4.29. The molecule has 8 heteroatoms. The van der Waals surface area contributed by atoms with Crippen molar-refractivity contribution in [3.05, 3.63) is 54.4 Å². The van der Waals surface area contributed by atoms with Crippen molar-refractivity contribution in [1.82, 2.24) is 15.0 Å².